The van der Waals surface area contributed by atoms with E-state index in [1.807, 2.05) is 44.4 Å². The quantitative estimate of drug-likeness (QED) is 0.409. The fourth-order valence-corrected chi connectivity index (χ4v) is 6.39. The van der Waals surface area contributed by atoms with Gasteiger partial charge in [0.15, 0.2) is 17.1 Å². The highest BCUT2D eigenvalue weighted by Crippen LogP contribution is 2.37. The van der Waals surface area contributed by atoms with Gasteiger partial charge in [-0.1, -0.05) is 17.8 Å². The van der Waals surface area contributed by atoms with Crippen LogP contribution in [0.25, 0.3) is 0 Å². The zero-order chi connectivity index (χ0) is 24.2. The summed E-state index contributed by atoms with van der Waals surface area (Å²) in [5.74, 6) is 1.57. The van der Waals surface area contributed by atoms with E-state index in [1.54, 1.807) is 11.3 Å². The van der Waals surface area contributed by atoms with E-state index in [-0.39, 0.29) is 17.8 Å². The van der Waals surface area contributed by atoms with Gasteiger partial charge in [0.25, 0.3) is 0 Å². The third-order valence-corrected chi connectivity index (χ3v) is 7.98. The van der Waals surface area contributed by atoms with Crippen LogP contribution in [0, 0.1) is 25.2 Å². The van der Waals surface area contributed by atoms with Crippen LogP contribution in [0.4, 0.5) is 5.00 Å². The third-order valence-electron chi connectivity index (χ3n) is 5.80. The number of nitrogens with zero attached hydrogens (tertiary/aromatic N) is 4. The molecule has 0 saturated heterocycles. The van der Waals surface area contributed by atoms with Crippen molar-refractivity contribution >= 4 is 34.0 Å². The molecule has 0 aliphatic heterocycles. The number of aryl methyl sites for hydroxylation is 3. The Morgan fingerprint density at radius 1 is 1.26 bits per heavy atom. The molecular formula is C25H29N5O2S2. The standard InChI is InChI=1S/C25H29N5O2S2/c1-5-30-23(17(4)32-18-11-15(2)10-16(3)12-18)28-29-25(30)33-14-22(31)27-24-20(13-26)19-8-6-7-9-21(19)34-24/h10-12,17H,5-9,14H2,1-4H3,(H,27,31). The molecule has 0 radical (unpaired) electrons. The normalized spacial score (nSPS) is 13.7. The van der Waals surface area contributed by atoms with Crippen LogP contribution in [0.5, 0.6) is 5.75 Å². The summed E-state index contributed by atoms with van der Waals surface area (Å²) in [7, 11) is 0. The van der Waals surface area contributed by atoms with E-state index in [2.05, 4.69) is 27.6 Å². The highest BCUT2D eigenvalue weighted by molar-refractivity contribution is 7.99. The maximum atomic E-state index is 12.7. The number of aromatic nitrogens is 3. The number of amides is 1. The zero-order valence-corrected chi connectivity index (χ0v) is 21.6. The minimum atomic E-state index is -0.285. The highest BCUT2D eigenvalue weighted by Gasteiger charge is 2.23. The van der Waals surface area contributed by atoms with Crippen LogP contribution in [0.15, 0.2) is 23.4 Å². The van der Waals surface area contributed by atoms with Gasteiger partial charge in [-0.15, -0.1) is 21.5 Å². The van der Waals surface area contributed by atoms with Gasteiger partial charge < -0.3 is 14.6 Å². The predicted octanol–water partition coefficient (Wildman–Crippen LogP) is 5.60. The van der Waals surface area contributed by atoms with Crippen molar-refractivity contribution in [2.45, 2.75) is 71.2 Å². The second-order valence-electron chi connectivity index (χ2n) is 8.53. The van der Waals surface area contributed by atoms with E-state index in [9.17, 15) is 10.1 Å². The number of carbonyl (C=O) groups is 1. The molecule has 1 atom stereocenters. The molecule has 7 nitrogen and oxygen atoms in total. The van der Waals surface area contributed by atoms with Crippen molar-refractivity contribution in [2.24, 2.45) is 0 Å². The lowest BCUT2D eigenvalue weighted by molar-refractivity contribution is -0.113. The Balaban J connectivity index is 1.41. The lowest BCUT2D eigenvalue weighted by Gasteiger charge is -2.16. The Morgan fingerprint density at radius 2 is 2.00 bits per heavy atom. The van der Waals surface area contributed by atoms with Crippen molar-refractivity contribution < 1.29 is 9.53 Å². The summed E-state index contributed by atoms with van der Waals surface area (Å²) in [6.07, 6.45) is 3.87. The SMILES string of the molecule is CCn1c(SCC(=O)Nc2sc3c(c2C#N)CCCC3)nnc1C(C)Oc1cc(C)cc(C)c1. The van der Waals surface area contributed by atoms with E-state index >= 15 is 0 Å². The fraction of sp³-hybridized carbons (Fsp3) is 0.440. The third kappa shape index (κ3) is 5.29. The minimum absolute atomic E-state index is 0.146. The summed E-state index contributed by atoms with van der Waals surface area (Å²) < 4.78 is 8.13. The maximum Gasteiger partial charge on any atom is 0.235 e. The topological polar surface area (TPSA) is 92.8 Å². The number of fused-ring (bicyclic) bond motifs is 1. The van der Waals surface area contributed by atoms with Crippen molar-refractivity contribution in [3.63, 3.8) is 0 Å². The molecule has 1 unspecified atom stereocenters. The molecule has 9 heteroatoms. The first-order valence-corrected chi connectivity index (χ1v) is 13.3. The first kappa shape index (κ1) is 24.3. The van der Waals surface area contributed by atoms with E-state index in [1.165, 1.54) is 16.6 Å². The smallest absolute Gasteiger partial charge is 0.235 e. The summed E-state index contributed by atoms with van der Waals surface area (Å²) in [5.41, 5.74) is 4.05. The number of anilines is 1. The number of hydrogen-bond donors (Lipinski definition) is 1. The molecule has 2 aromatic heterocycles. The molecule has 178 valence electrons. The summed E-state index contributed by atoms with van der Waals surface area (Å²) in [5, 5.41) is 22.6. The van der Waals surface area contributed by atoms with Crippen LogP contribution in [0.2, 0.25) is 0 Å². The maximum absolute atomic E-state index is 12.7. The summed E-state index contributed by atoms with van der Waals surface area (Å²) in [6, 6.07) is 8.42. The van der Waals surface area contributed by atoms with E-state index in [4.69, 9.17) is 4.74 Å². The Morgan fingerprint density at radius 3 is 2.71 bits per heavy atom. The molecule has 0 saturated carbocycles. The fourth-order valence-electron chi connectivity index (χ4n) is 4.33. The summed E-state index contributed by atoms with van der Waals surface area (Å²) in [6.45, 7) is 8.74. The van der Waals surface area contributed by atoms with Crippen molar-refractivity contribution in [2.75, 3.05) is 11.1 Å². The van der Waals surface area contributed by atoms with Gasteiger partial charge in [0.05, 0.1) is 11.3 Å². The average Bonchev–Trinajstić information content (AvgIpc) is 3.37. The zero-order valence-electron chi connectivity index (χ0n) is 20.0. The van der Waals surface area contributed by atoms with Gasteiger partial charge in [0.1, 0.15) is 16.8 Å². The van der Waals surface area contributed by atoms with Gasteiger partial charge in [-0.2, -0.15) is 5.26 Å². The molecular weight excluding hydrogens is 466 g/mol. The number of nitrogens with one attached hydrogen (secondary N) is 1. The van der Waals surface area contributed by atoms with Gasteiger partial charge >= 0.3 is 0 Å². The second-order valence-corrected chi connectivity index (χ2v) is 10.6. The van der Waals surface area contributed by atoms with Crippen LogP contribution in [0.1, 0.15) is 65.7 Å². The Hall–Kier alpha value is -2.83. The Bertz CT molecular complexity index is 1220. The molecule has 1 amide bonds. The van der Waals surface area contributed by atoms with Crippen LogP contribution in [-0.2, 0) is 24.2 Å². The molecule has 1 aliphatic carbocycles. The highest BCUT2D eigenvalue weighted by atomic mass is 32.2. The summed E-state index contributed by atoms with van der Waals surface area (Å²) in [4.78, 5) is 13.9. The number of nitriles is 1. The van der Waals surface area contributed by atoms with E-state index in [0.29, 0.717) is 22.3 Å². The number of thioether (sulfide) groups is 1. The molecule has 0 bridgehead atoms. The molecule has 0 fully saturated rings. The average molecular weight is 496 g/mol. The lowest BCUT2D eigenvalue weighted by Crippen LogP contribution is -2.15. The van der Waals surface area contributed by atoms with Crippen LogP contribution >= 0.6 is 23.1 Å². The lowest BCUT2D eigenvalue weighted by atomic mass is 9.96. The molecule has 3 aromatic rings. The number of benzene rings is 1. The van der Waals surface area contributed by atoms with Crippen molar-refractivity contribution in [3.8, 4) is 11.8 Å². The van der Waals surface area contributed by atoms with Gasteiger partial charge in [-0.3, -0.25) is 4.79 Å². The number of rotatable bonds is 8. The first-order chi connectivity index (χ1) is 16.4. The number of carbonyl (C=O) groups excluding carboxylic acids is 1. The number of hydrogen-bond acceptors (Lipinski definition) is 7. The summed E-state index contributed by atoms with van der Waals surface area (Å²) >= 11 is 2.88. The molecule has 4 rings (SSSR count). The number of ether oxygens (including phenoxy) is 1. The van der Waals surface area contributed by atoms with Gasteiger partial charge in [0, 0.05) is 11.4 Å². The largest absolute Gasteiger partial charge is 0.483 e. The second kappa shape index (κ2) is 10.6. The van der Waals surface area contributed by atoms with Crippen molar-refractivity contribution in [1.82, 2.24) is 14.8 Å². The van der Waals surface area contributed by atoms with Gasteiger partial charge in [-0.25, -0.2) is 0 Å². The minimum Gasteiger partial charge on any atom is -0.483 e. The van der Waals surface area contributed by atoms with Crippen LogP contribution in [0.3, 0.4) is 0 Å². The van der Waals surface area contributed by atoms with Crippen LogP contribution < -0.4 is 10.1 Å². The molecule has 0 spiro atoms. The van der Waals surface area contributed by atoms with Gasteiger partial charge in [0.2, 0.25) is 5.91 Å². The molecule has 2 heterocycles. The van der Waals surface area contributed by atoms with Crippen LogP contribution in [-0.4, -0.2) is 26.4 Å². The molecule has 1 N–H and O–H groups in total. The van der Waals surface area contributed by atoms with Gasteiger partial charge in [-0.05, 0) is 82.2 Å². The van der Waals surface area contributed by atoms with E-state index in [0.717, 1.165) is 53.9 Å². The Labute approximate surface area is 208 Å². The molecule has 34 heavy (non-hydrogen) atoms. The number of thiophene rings is 1. The molecule has 1 aromatic carbocycles. The monoisotopic (exact) mass is 495 g/mol. The predicted molar refractivity (Wildman–Crippen MR) is 136 cm³/mol. The molecule has 1 aliphatic rings. The first-order valence-electron chi connectivity index (χ1n) is 11.5. The van der Waals surface area contributed by atoms with Crippen molar-refractivity contribution in [3.05, 3.63) is 51.2 Å². The van der Waals surface area contributed by atoms with E-state index < -0.39 is 0 Å². The Kier molecular flexibility index (Phi) is 7.59. The van der Waals surface area contributed by atoms with Crippen molar-refractivity contribution in [1.29, 1.82) is 5.26 Å².